The smallest absolute Gasteiger partial charge is 0.360 e. The molecule has 0 amide bonds. The van der Waals surface area contributed by atoms with Crippen molar-refractivity contribution < 1.29 is 33.2 Å². The predicted octanol–water partition coefficient (Wildman–Crippen LogP) is 5.22. The molecule has 3 rings (SSSR count). The first-order valence-electron chi connectivity index (χ1n) is 13.3. The quantitative estimate of drug-likeness (QED) is 0.110. The van der Waals surface area contributed by atoms with Crippen LogP contribution in [0, 0.1) is 5.82 Å². The summed E-state index contributed by atoms with van der Waals surface area (Å²) in [6.45, 7) is 8.39. The second-order valence-electron chi connectivity index (χ2n) is 9.78. The number of methoxy groups -OCH3 is 1. The average Bonchev–Trinajstić information content (AvgIpc) is 3.00. The van der Waals surface area contributed by atoms with Crippen LogP contribution in [0.4, 0.5) is 4.39 Å². The number of nitrogens with zero attached hydrogens (tertiary/aromatic N) is 3. The Bertz CT molecular complexity index is 1420. The molecule has 0 aliphatic heterocycles. The van der Waals surface area contributed by atoms with Gasteiger partial charge in [0.05, 0.1) is 13.3 Å². The van der Waals surface area contributed by atoms with E-state index >= 15 is 0 Å². The van der Waals surface area contributed by atoms with E-state index in [0.29, 0.717) is 41.1 Å². The number of benzene rings is 3. The van der Waals surface area contributed by atoms with Crippen molar-refractivity contribution in [2.75, 3.05) is 27.1 Å². The first-order valence-corrected chi connectivity index (χ1v) is 16.5. The second kappa shape index (κ2) is 15.5. The minimum Gasteiger partial charge on any atom is -0.497 e. The summed E-state index contributed by atoms with van der Waals surface area (Å²) in [6, 6.07) is 21.2. The molecule has 0 saturated heterocycles. The largest absolute Gasteiger partial charge is 0.497 e. The molecule has 0 aliphatic carbocycles. The van der Waals surface area contributed by atoms with Crippen LogP contribution in [0.2, 0.25) is 13.1 Å². The molecule has 0 heterocycles. The zero-order valence-electron chi connectivity index (χ0n) is 24.7. The van der Waals surface area contributed by atoms with Gasteiger partial charge >= 0.3 is 5.97 Å². The summed E-state index contributed by atoms with van der Waals surface area (Å²) in [5.41, 5.74) is 2.92. The summed E-state index contributed by atoms with van der Waals surface area (Å²) in [4.78, 5) is 28.1. The van der Waals surface area contributed by atoms with E-state index in [-0.39, 0.29) is 18.1 Å². The van der Waals surface area contributed by atoms with E-state index in [2.05, 4.69) is 28.6 Å². The van der Waals surface area contributed by atoms with Crippen molar-refractivity contribution in [3.8, 4) is 5.75 Å². The standard InChI is InChI=1S/C31H36FN3O6Si/c1-7-40-35-29(22(2)33-41-20-24-10-8-9-11-28(24)30(34-38-4)31(36)37-3)23-12-16-26(17-13-23)39-21-42(5,6)27-18-14-25(32)15-19-27/h8-19H,7,20-21H2,1-6H3/b33-22+,34-30+,35-29-. The Kier molecular flexibility index (Phi) is 11.8. The molecule has 0 atom stereocenters. The van der Waals surface area contributed by atoms with Crippen molar-refractivity contribution in [3.63, 3.8) is 0 Å². The number of esters is 1. The normalized spacial score (nSPS) is 12.5. The van der Waals surface area contributed by atoms with Crippen LogP contribution in [-0.2, 0) is 30.7 Å². The lowest BCUT2D eigenvalue weighted by Crippen LogP contribution is -2.47. The van der Waals surface area contributed by atoms with Gasteiger partial charge in [0, 0.05) is 16.7 Å². The molecular weight excluding hydrogens is 557 g/mol. The maximum absolute atomic E-state index is 13.3. The van der Waals surface area contributed by atoms with Gasteiger partial charge < -0.3 is 24.0 Å². The summed E-state index contributed by atoms with van der Waals surface area (Å²) in [5.74, 6) is -0.175. The van der Waals surface area contributed by atoms with Crippen molar-refractivity contribution >= 4 is 36.4 Å². The van der Waals surface area contributed by atoms with Crippen LogP contribution in [0.15, 0.2) is 88.3 Å². The van der Waals surface area contributed by atoms with E-state index in [4.69, 9.17) is 24.0 Å². The number of carbonyl (C=O) groups excluding carboxylic acids is 1. The number of halogens is 1. The van der Waals surface area contributed by atoms with E-state index in [9.17, 15) is 9.18 Å². The minimum atomic E-state index is -1.93. The molecule has 0 N–H and O–H groups in total. The summed E-state index contributed by atoms with van der Waals surface area (Å²) < 4.78 is 24.3. The van der Waals surface area contributed by atoms with Gasteiger partial charge in [-0.1, -0.05) is 70.1 Å². The Morgan fingerprint density at radius 1 is 0.857 bits per heavy atom. The molecule has 9 nitrogen and oxygen atoms in total. The number of hydrogen-bond acceptors (Lipinski definition) is 9. The topological polar surface area (TPSA) is 100 Å². The SMILES string of the molecule is CCO/N=C(/C(C)=N/OCc1ccccc1/C(=N\OC)C(=O)OC)c1ccc(OC[Si](C)(C)c2ccc(F)cc2)cc1. The molecule has 0 bridgehead atoms. The third kappa shape index (κ3) is 8.74. The van der Waals surface area contributed by atoms with E-state index in [0.717, 1.165) is 10.8 Å². The Labute approximate surface area is 246 Å². The fraction of sp³-hybridized carbons (Fsp3) is 0.290. The lowest BCUT2D eigenvalue weighted by Gasteiger charge is -2.23. The maximum atomic E-state index is 13.3. The van der Waals surface area contributed by atoms with Crippen LogP contribution < -0.4 is 9.92 Å². The first kappa shape index (κ1) is 32.0. The number of rotatable bonds is 14. The lowest BCUT2D eigenvalue weighted by atomic mass is 10.0. The van der Waals surface area contributed by atoms with Crippen LogP contribution >= 0.6 is 0 Å². The zero-order valence-corrected chi connectivity index (χ0v) is 25.7. The number of ether oxygens (including phenoxy) is 2. The van der Waals surface area contributed by atoms with Gasteiger partial charge in [-0.2, -0.15) is 0 Å². The van der Waals surface area contributed by atoms with Crippen LogP contribution in [0.1, 0.15) is 30.5 Å². The van der Waals surface area contributed by atoms with Gasteiger partial charge in [0.25, 0.3) is 0 Å². The summed E-state index contributed by atoms with van der Waals surface area (Å²) >= 11 is 0. The molecule has 0 saturated carbocycles. The van der Waals surface area contributed by atoms with Crippen LogP contribution in [0.3, 0.4) is 0 Å². The number of hydrogen-bond donors (Lipinski definition) is 0. The second-order valence-corrected chi connectivity index (χ2v) is 14.4. The van der Waals surface area contributed by atoms with E-state index in [1.807, 2.05) is 49.4 Å². The van der Waals surface area contributed by atoms with Gasteiger partial charge in [-0.05, 0) is 50.2 Å². The molecule has 3 aromatic carbocycles. The molecule has 0 unspecified atom stereocenters. The van der Waals surface area contributed by atoms with Crippen molar-refractivity contribution in [3.05, 3.63) is 95.3 Å². The highest BCUT2D eigenvalue weighted by molar-refractivity contribution is 6.89. The highest BCUT2D eigenvalue weighted by Crippen LogP contribution is 2.17. The summed E-state index contributed by atoms with van der Waals surface area (Å²) in [5, 5.41) is 13.4. The predicted molar refractivity (Wildman–Crippen MR) is 164 cm³/mol. The number of carbonyl (C=O) groups is 1. The van der Waals surface area contributed by atoms with Crippen LogP contribution in [0.25, 0.3) is 0 Å². The Morgan fingerprint density at radius 2 is 1.55 bits per heavy atom. The lowest BCUT2D eigenvalue weighted by molar-refractivity contribution is -0.132. The van der Waals surface area contributed by atoms with E-state index in [1.54, 1.807) is 25.1 Å². The van der Waals surface area contributed by atoms with Crippen molar-refractivity contribution in [2.24, 2.45) is 15.5 Å². The van der Waals surface area contributed by atoms with Crippen LogP contribution in [-0.4, -0.2) is 58.2 Å². The fourth-order valence-corrected chi connectivity index (χ4v) is 5.68. The molecule has 0 aromatic heterocycles. The molecule has 11 heteroatoms. The van der Waals surface area contributed by atoms with Crippen molar-refractivity contribution in [1.82, 2.24) is 0 Å². The molecule has 0 fully saturated rings. The van der Waals surface area contributed by atoms with Crippen molar-refractivity contribution in [1.29, 1.82) is 0 Å². The third-order valence-corrected chi connectivity index (χ3v) is 9.00. The van der Waals surface area contributed by atoms with Gasteiger partial charge in [0.2, 0.25) is 0 Å². The van der Waals surface area contributed by atoms with Crippen LogP contribution in [0.5, 0.6) is 5.75 Å². The number of oxime groups is 3. The Morgan fingerprint density at radius 3 is 2.19 bits per heavy atom. The van der Waals surface area contributed by atoms with Gasteiger partial charge in [0.1, 0.15) is 51.4 Å². The monoisotopic (exact) mass is 593 g/mol. The minimum absolute atomic E-state index is 0.0181. The molecule has 0 spiro atoms. The van der Waals surface area contributed by atoms with Gasteiger partial charge in [0.15, 0.2) is 5.71 Å². The molecular formula is C31H36FN3O6Si. The summed E-state index contributed by atoms with van der Waals surface area (Å²) in [7, 11) is 0.692. The van der Waals surface area contributed by atoms with Gasteiger partial charge in [-0.3, -0.25) is 0 Å². The third-order valence-electron chi connectivity index (χ3n) is 6.24. The summed E-state index contributed by atoms with van der Waals surface area (Å²) in [6.07, 6.45) is 0.542. The van der Waals surface area contributed by atoms with Gasteiger partial charge in [-0.15, -0.1) is 0 Å². The van der Waals surface area contributed by atoms with E-state index in [1.165, 1.54) is 26.4 Å². The molecule has 0 radical (unpaired) electrons. The maximum Gasteiger partial charge on any atom is 0.360 e. The molecule has 0 aliphatic rings. The molecule has 42 heavy (non-hydrogen) atoms. The van der Waals surface area contributed by atoms with E-state index < -0.39 is 14.0 Å². The highest BCUT2D eigenvalue weighted by atomic mass is 28.3. The Balaban J connectivity index is 1.73. The molecule has 222 valence electrons. The zero-order chi connectivity index (χ0) is 30.5. The highest BCUT2D eigenvalue weighted by Gasteiger charge is 2.25. The van der Waals surface area contributed by atoms with Gasteiger partial charge in [-0.25, -0.2) is 9.18 Å². The first-order chi connectivity index (χ1) is 20.2. The van der Waals surface area contributed by atoms with Crippen molar-refractivity contribution in [2.45, 2.75) is 33.5 Å². The Hall–Kier alpha value is -4.51. The average molecular weight is 594 g/mol. The fourth-order valence-electron chi connectivity index (χ4n) is 3.92. The molecule has 3 aromatic rings.